The quantitative estimate of drug-likeness (QED) is 0.817. The Kier molecular flexibility index (Phi) is 3.49. The number of nitrogens with zero attached hydrogens (tertiary/aromatic N) is 2. The fourth-order valence-corrected chi connectivity index (χ4v) is 2.62. The van der Waals surface area contributed by atoms with Crippen molar-refractivity contribution in [3.8, 4) is 0 Å². The maximum atomic E-state index is 5.83. The summed E-state index contributed by atoms with van der Waals surface area (Å²) in [5.41, 5.74) is 8.06. The van der Waals surface area contributed by atoms with Crippen LogP contribution in [0.15, 0.2) is 6.20 Å². The smallest absolute Gasteiger partial charge is 0.0825 e. The fraction of sp³-hybridized carbons (Fsp3) is 0.750. The van der Waals surface area contributed by atoms with Crippen molar-refractivity contribution < 1.29 is 0 Å². The lowest BCUT2D eigenvalue weighted by Gasteiger charge is -2.31. The van der Waals surface area contributed by atoms with Crippen LogP contribution in [0.3, 0.4) is 0 Å². The highest BCUT2D eigenvalue weighted by Crippen LogP contribution is 2.27. The molecular weight excluding hydrogens is 200 g/mol. The highest BCUT2D eigenvalue weighted by Gasteiger charge is 2.24. The standard InChI is InChI=1S/C12H22N4/c1-9-12(8-16(2)15-9)14-11-6-4-3-5-10(11)7-13/h8,10-11,14H,3-7,13H2,1-2H3. The highest BCUT2D eigenvalue weighted by atomic mass is 15.3. The molecule has 4 heteroatoms. The van der Waals surface area contributed by atoms with Gasteiger partial charge in [-0.25, -0.2) is 0 Å². The van der Waals surface area contributed by atoms with Crippen LogP contribution in [0.4, 0.5) is 5.69 Å². The van der Waals surface area contributed by atoms with Gasteiger partial charge in [0.15, 0.2) is 0 Å². The zero-order valence-electron chi connectivity index (χ0n) is 10.2. The first-order valence-corrected chi connectivity index (χ1v) is 6.17. The number of nitrogens with one attached hydrogen (secondary N) is 1. The number of rotatable bonds is 3. The largest absolute Gasteiger partial charge is 0.379 e. The van der Waals surface area contributed by atoms with Crippen LogP contribution in [0, 0.1) is 12.8 Å². The molecule has 0 saturated heterocycles. The molecule has 1 aromatic rings. The third-order valence-electron chi connectivity index (χ3n) is 3.57. The summed E-state index contributed by atoms with van der Waals surface area (Å²) in [6, 6.07) is 0.529. The summed E-state index contributed by atoms with van der Waals surface area (Å²) < 4.78 is 1.86. The molecule has 0 bridgehead atoms. The van der Waals surface area contributed by atoms with Crippen LogP contribution in [0.1, 0.15) is 31.4 Å². The molecule has 4 nitrogen and oxygen atoms in total. The van der Waals surface area contributed by atoms with Crippen LogP contribution < -0.4 is 11.1 Å². The summed E-state index contributed by atoms with van der Waals surface area (Å²) in [5.74, 6) is 0.619. The Morgan fingerprint density at radius 1 is 1.50 bits per heavy atom. The van der Waals surface area contributed by atoms with E-state index in [1.807, 2.05) is 18.7 Å². The van der Waals surface area contributed by atoms with Gasteiger partial charge in [-0.15, -0.1) is 0 Å². The fourth-order valence-electron chi connectivity index (χ4n) is 2.62. The van der Waals surface area contributed by atoms with Crippen molar-refractivity contribution in [2.45, 2.75) is 38.6 Å². The number of aromatic nitrogens is 2. The normalized spacial score (nSPS) is 25.7. The molecule has 0 radical (unpaired) electrons. The zero-order chi connectivity index (χ0) is 11.5. The molecule has 2 rings (SSSR count). The van der Waals surface area contributed by atoms with Crippen molar-refractivity contribution in [2.24, 2.45) is 18.7 Å². The molecule has 16 heavy (non-hydrogen) atoms. The van der Waals surface area contributed by atoms with Crippen molar-refractivity contribution in [1.82, 2.24) is 9.78 Å². The van der Waals surface area contributed by atoms with Gasteiger partial charge in [0.2, 0.25) is 0 Å². The van der Waals surface area contributed by atoms with Gasteiger partial charge >= 0.3 is 0 Å². The summed E-state index contributed by atoms with van der Waals surface area (Å²) in [6.07, 6.45) is 7.18. The predicted molar refractivity (Wildman–Crippen MR) is 66.4 cm³/mol. The third kappa shape index (κ3) is 2.38. The molecule has 0 aliphatic heterocycles. The van der Waals surface area contributed by atoms with Gasteiger partial charge in [-0.2, -0.15) is 5.10 Å². The van der Waals surface area contributed by atoms with Crippen LogP contribution in [-0.2, 0) is 7.05 Å². The molecule has 3 N–H and O–H groups in total. The van der Waals surface area contributed by atoms with Crippen molar-refractivity contribution in [3.63, 3.8) is 0 Å². The molecule has 1 aromatic heterocycles. The molecule has 1 heterocycles. The average Bonchev–Trinajstić information content (AvgIpc) is 2.58. The van der Waals surface area contributed by atoms with E-state index in [1.54, 1.807) is 0 Å². The average molecular weight is 222 g/mol. The predicted octanol–water partition coefficient (Wildman–Crippen LogP) is 1.66. The second kappa shape index (κ2) is 4.87. The summed E-state index contributed by atoms with van der Waals surface area (Å²) in [4.78, 5) is 0. The molecule has 1 aliphatic carbocycles. The maximum Gasteiger partial charge on any atom is 0.0825 e. The molecule has 2 unspecified atom stereocenters. The molecule has 0 amide bonds. The monoisotopic (exact) mass is 222 g/mol. The molecule has 1 fully saturated rings. The van der Waals surface area contributed by atoms with Gasteiger partial charge in [0.1, 0.15) is 0 Å². The lowest BCUT2D eigenvalue weighted by molar-refractivity contribution is 0.332. The third-order valence-corrected chi connectivity index (χ3v) is 3.57. The maximum absolute atomic E-state index is 5.83. The van der Waals surface area contributed by atoms with E-state index < -0.39 is 0 Å². The number of aryl methyl sites for hydroxylation is 2. The van der Waals surface area contributed by atoms with Gasteiger partial charge < -0.3 is 11.1 Å². The Hall–Kier alpha value is -1.03. The van der Waals surface area contributed by atoms with Gasteiger partial charge in [-0.3, -0.25) is 4.68 Å². The second-order valence-electron chi connectivity index (χ2n) is 4.83. The molecule has 90 valence electrons. The van der Waals surface area contributed by atoms with Gasteiger partial charge in [0, 0.05) is 19.3 Å². The highest BCUT2D eigenvalue weighted by molar-refractivity contribution is 5.46. The van der Waals surface area contributed by atoms with Crippen molar-refractivity contribution in [3.05, 3.63) is 11.9 Å². The first-order chi connectivity index (χ1) is 7.70. The van der Waals surface area contributed by atoms with Crippen molar-refractivity contribution >= 4 is 5.69 Å². The number of hydrogen-bond donors (Lipinski definition) is 2. The SMILES string of the molecule is Cc1nn(C)cc1NC1CCCCC1CN. The van der Waals surface area contributed by atoms with E-state index in [-0.39, 0.29) is 0 Å². The molecule has 1 saturated carbocycles. The number of anilines is 1. The van der Waals surface area contributed by atoms with Crippen LogP contribution in [0.2, 0.25) is 0 Å². The summed E-state index contributed by atoms with van der Waals surface area (Å²) >= 11 is 0. The van der Waals surface area contributed by atoms with Crippen LogP contribution >= 0.6 is 0 Å². The van der Waals surface area contributed by atoms with Gasteiger partial charge in [-0.1, -0.05) is 12.8 Å². The molecule has 0 spiro atoms. The minimum atomic E-state index is 0.529. The van der Waals surface area contributed by atoms with E-state index in [4.69, 9.17) is 5.73 Å². The Balaban J connectivity index is 2.04. The van der Waals surface area contributed by atoms with E-state index in [2.05, 4.69) is 16.6 Å². The van der Waals surface area contributed by atoms with E-state index in [9.17, 15) is 0 Å². The van der Waals surface area contributed by atoms with Crippen molar-refractivity contribution in [2.75, 3.05) is 11.9 Å². The first kappa shape index (κ1) is 11.5. The Labute approximate surface area is 97.2 Å². The first-order valence-electron chi connectivity index (χ1n) is 6.17. The lowest BCUT2D eigenvalue weighted by Crippen LogP contribution is -2.36. The molecule has 2 atom stereocenters. The topological polar surface area (TPSA) is 55.9 Å². The summed E-state index contributed by atoms with van der Waals surface area (Å²) in [7, 11) is 1.96. The molecular formula is C12H22N4. The number of hydrogen-bond acceptors (Lipinski definition) is 3. The van der Waals surface area contributed by atoms with E-state index in [1.165, 1.54) is 25.7 Å². The van der Waals surface area contributed by atoms with Gasteiger partial charge in [0.25, 0.3) is 0 Å². The second-order valence-corrected chi connectivity index (χ2v) is 4.83. The minimum Gasteiger partial charge on any atom is -0.379 e. The van der Waals surface area contributed by atoms with Crippen LogP contribution in [0.5, 0.6) is 0 Å². The van der Waals surface area contributed by atoms with Gasteiger partial charge in [-0.05, 0) is 32.2 Å². The zero-order valence-corrected chi connectivity index (χ0v) is 10.2. The molecule has 0 aromatic carbocycles. The number of nitrogens with two attached hydrogens (primary N) is 1. The van der Waals surface area contributed by atoms with Crippen LogP contribution in [0.25, 0.3) is 0 Å². The Bertz CT molecular complexity index is 345. The molecule has 1 aliphatic rings. The Morgan fingerprint density at radius 3 is 2.88 bits per heavy atom. The van der Waals surface area contributed by atoms with E-state index >= 15 is 0 Å². The minimum absolute atomic E-state index is 0.529. The van der Waals surface area contributed by atoms with Gasteiger partial charge in [0.05, 0.1) is 11.4 Å². The summed E-state index contributed by atoms with van der Waals surface area (Å²) in [5, 5.41) is 7.96. The van der Waals surface area contributed by atoms with E-state index in [0.717, 1.165) is 17.9 Å². The van der Waals surface area contributed by atoms with Crippen molar-refractivity contribution in [1.29, 1.82) is 0 Å². The van der Waals surface area contributed by atoms with E-state index in [0.29, 0.717) is 12.0 Å². The summed E-state index contributed by atoms with van der Waals surface area (Å²) in [6.45, 7) is 2.83. The lowest BCUT2D eigenvalue weighted by atomic mass is 9.84. The van der Waals surface area contributed by atoms with Crippen LogP contribution in [-0.4, -0.2) is 22.4 Å². The Morgan fingerprint density at radius 2 is 2.25 bits per heavy atom.